The number of methoxy groups -OCH3 is 1. The lowest BCUT2D eigenvalue weighted by atomic mass is 9.95. The highest BCUT2D eigenvalue weighted by molar-refractivity contribution is 5.94. The van der Waals surface area contributed by atoms with Gasteiger partial charge in [0.2, 0.25) is 11.8 Å². The molecule has 2 unspecified atom stereocenters. The van der Waals surface area contributed by atoms with Crippen LogP contribution in [-0.2, 0) is 9.59 Å². The molecule has 1 saturated heterocycles. The van der Waals surface area contributed by atoms with E-state index >= 15 is 0 Å². The Labute approximate surface area is 143 Å². The number of nitrogens with two attached hydrogens (primary N) is 1. The summed E-state index contributed by atoms with van der Waals surface area (Å²) in [5.74, 6) is 0.476. The first-order chi connectivity index (χ1) is 11.5. The van der Waals surface area contributed by atoms with Gasteiger partial charge in [0.15, 0.2) is 0 Å². The van der Waals surface area contributed by atoms with Crippen LogP contribution < -0.4 is 15.8 Å². The largest absolute Gasteiger partial charge is 0.495 e. The summed E-state index contributed by atoms with van der Waals surface area (Å²) in [4.78, 5) is 26.7. The van der Waals surface area contributed by atoms with Crippen LogP contribution in [0.5, 0.6) is 5.75 Å². The van der Waals surface area contributed by atoms with Gasteiger partial charge >= 0.3 is 0 Å². The van der Waals surface area contributed by atoms with Gasteiger partial charge < -0.3 is 20.7 Å². The molecule has 0 spiro atoms. The second-order valence-corrected chi connectivity index (χ2v) is 6.38. The predicted molar refractivity (Wildman–Crippen MR) is 94.8 cm³/mol. The lowest BCUT2D eigenvalue weighted by Gasteiger charge is -2.33. The van der Waals surface area contributed by atoms with Crippen molar-refractivity contribution >= 4 is 23.2 Å². The highest BCUT2D eigenvalue weighted by Crippen LogP contribution is 2.26. The van der Waals surface area contributed by atoms with Gasteiger partial charge in [-0.3, -0.25) is 9.59 Å². The van der Waals surface area contributed by atoms with Crippen LogP contribution in [-0.4, -0.2) is 36.9 Å². The third-order valence-electron chi connectivity index (χ3n) is 4.64. The third-order valence-corrected chi connectivity index (χ3v) is 4.64. The van der Waals surface area contributed by atoms with Crippen molar-refractivity contribution in [1.82, 2.24) is 4.90 Å². The molecule has 1 aromatic carbocycles. The third kappa shape index (κ3) is 4.19. The number of nitrogen functional groups attached to an aromatic ring is 1. The Morgan fingerprint density at radius 2 is 2.21 bits per heavy atom. The number of carbonyl (C=O) groups excluding carboxylic acids is 2. The summed E-state index contributed by atoms with van der Waals surface area (Å²) in [5, 5.41) is 2.89. The average Bonchev–Trinajstić information content (AvgIpc) is 2.60. The number of nitrogens with one attached hydrogen (secondary N) is 1. The standard InChI is InChI=1S/C18H27N3O3/c1-4-12(2)18(23)21-9-5-6-13(11-21)17(22)20-14-7-8-16(24-3)15(19)10-14/h7-8,10,12-13H,4-6,9,11,19H2,1-3H3,(H,20,22). The summed E-state index contributed by atoms with van der Waals surface area (Å²) in [7, 11) is 1.55. The molecule has 2 amide bonds. The van der Waals surface area contributed by atoms with Crippen LogP contribution >= 0.6 is 0 Å². The van der Waals surface area contributed by atoms with Crippen LogP contribution in [0.1, 0.15) is 33.1 Å². The lowest BCUT2D eigenvalue weighted by molar-refractivity contribution is -0.138. The average molecular weight is 333 g/mol. The number of amides is 2. The van der Waals surface area contributed by atoms with Gasteiger partial charge in [-0.25, -0.2) is 0 Å². The van der Waals surface area contributed by atoms with Gasteiger partial charge in [0.05, 0.1) is 18.7 Å². The molecule has 6 heteroatoms. The zero-order valence-corrected chi connectivity index (χ0v) is 14.7. The number of nitrogens with zero attached hydrogens (tertiary/aromatic N) is 1. The first kappa shape index (κ1) is 18.1. The Morgan fingerprint density at radius 3 is 2.83 bits per heavy atom. The van der Waals surface area contributed by atoms with Crippen molar-refractivity contribution in [1.29, 1.82) is 0 Å². The van der Waals surface area contributed by atoms with E-state index < -0.39 is 0 Å². The van der Waals surface area contributed by atoms with Crippen molar-refractivity contribution in [2.75, 3.05) is 31.2 Å². The zero-order valence-electron chi connectivity index (χ0n) is 14.7. The van der Waals surface area contributed by atoms with Crippen molar-refractivity contribution in [3.05, 3.63) is 18.2 Å². The SMILES string of the molecule is CCC(C)C(=O)N1CCCC(C(=O)Nc2ccc(OC)c(N)c2)C1. The molecule has 1 aliphatic heterocycles. The van der Waals surface area contributed by atoms with E-state index in [0.717, 1.165) is 25.8 Å². The lowest BCUT2D eigenvalue weighted by Crippen LogP contribution is -2.45. The van der Waals surface area contributed by atoms with E-state index in [1.165, 1.54) is 0 Å². The monoisotopic (exact) mass is 333 g/mol. The maximum atomic E-state index is 12.5. The normalized spacial score (nSPS) is 18.8. The zero-order chi connectivity index (χ0) is 17.7. The van der Waals surface area contributed by atoms with Crippen LogP contribution in [0.25, 0.3) is 0 Å². The smallest absolute Gasteiger partial charge is 0.229 e. The Hall–Kier alpha value is -2.24. The molecule has 0 bridgehead atoms. The van der Waals surface area contributed by atoms with Crippen LogP contribution in [0.3, 0.4) is 0 Å². The molecular formula is C18H27N3O3. The molecule has 0 saturated carbocycles. The first-order valence-electron chi connectivity index (χ1n) is 8.49. The van der Waals surface area contributed by atoms with E-state index in [9.17, 15) is 9.59 Å². The number of hydrogen-bond acceptors (Lipinski definition) is 4. The second-order valence-electron chi connectivity index (χ2n) is 6.38. The Bertz CT molecular complexity index is 603. The molecule has 6 nitrogen and oxygen atoms in total. The molecule has 2 atom stereocenters. The maximum Gasteiger partial charge on any atom is 0.229 e. The van der Waals surface area contributed by atoms with E-state index in [1.807, 2.05) is 18.7 Å². The van der Waals surface area contributed by atoms with Gasteiger partial charge in [0.1, 0.15) is 5.75 Å². The summed E-state index contributed by atoms with van der Waals surface area (Å²) >= 11 is 0. The second kappa shape index (κ2) is 8.04. The Morgan fingerprint density at radius 1 is 1.46 bits per heavy atom. The van der Waals surface area contributed by atoms with Gasteiger partial charge in [-0.1, -0.05) is 13.8 Å². The number of rotatable bonds is 5. The van der Waals surface area contributed by atoms with Crippen molar-refractivity contribution in [3.8, 4) is 5.75 Å². The molecule has 1 aliphatic rings. The number of hydrogen-bond donors (Lipinski definition) is 2. The van der Waals surface area contributed by atoms with E-state index in [4.69, 9.17) is 10.5 Å². The molecule has 2 rings (SSSR count). The highest BCUT2D eigenvalue weighted by atomic mass is 16.5. The van der Waals surface area contributed by atoms with Gasteiger partial charge in [0, 0.05) is 24.7 Å². The molecular weight excluding hydrogens is 306 g/mol. The van der Waals surface area contributed by atoms with Gasteiger partial charge in [-0.05, 0) is 37.5 Å². The number of piperidine rings is 1. The number of carbonyl (C=O) groups is 2. The fourth-order valence-corrected chi connectivity index (χ4v) is 2.93. The molecule has 132 valence electrons. The van der Waals surface area contributed by atoms with Crippen LogP contribution in [0.2, 0.25) is 0 Å². The Balaban J connectivity index is 1.99. The minimum Gasteiger partial charge on any atom is -0.495 e. The van der Waals surface area contributed by atoms with E-state index in [2.05, 4.69) is 5.32 Å². The Kier molecular flexibility index (Phi) is 6.06. The molecule has 0 aromatic heterocycles. The van der Waals surface area contributed by atoms with Gasteiger partial charge in [-0.15, -0.1) is 0 Å². The molecule has 1 aromatic rings. The van der Waals surface area contributed by atoms with Crippen molar-refractivity contribution in [2.24, 2.45) is 11.8 Å². The summed E-state index contributed by atoms with van der Waals surface area (Å²) in [5.41, 5.74) is 6.99. The highest BCUT2D eigenvalue weighted by Gasteiger charge is 2.30. The minimum atomic E-state index is -0.185. The number of benzene rings is 1. The molecule has 3 N–H and O–H groups in total. The number of likely N-dealkylation sites (tertiary alicyclic amines) is 1. The summed E-state index contributed by atoms with van der Waals surface area (Å²) in [6, 6.07) is 5.17. The van der Waals surface area contributed by atoms with Gasteiger partial charge in [-0.2, -0.15) is 0 Å². The van der Waals surface area contributed by atoms with E-state index in [-0.39, 0.29) is 23.7 Å². The van der Waals surface area contributed by atoms with Crippen molar-refractivity contribution < 1.29 is 14.3 Å². The van der Waals surface area contributed by atoms with Crippen molar-refractivity contribution in [3.63, 3.8) is 0 Å². The molecule has 0 aliphatic carbocycles. The van der Waals surface area contributed by atoms with Crippen LogP contribution in [0.4, 0.5) is 11.4 Å². The fraction of sp³-hybridized carbons (Fsp3) is 0.556. The predicted octanol–water partition coefficient (Wildman–Crippen LogP) is 2.50. The number of ether oxygens (including phenoxy) is 1. The minimum absolute atomic E-state index is 0.00759. The quantitative estimate of drug-likeness (QED) is 0.811. The molecule has 24 heavy (non-hydrogen) atoms. The molecule has 1 fully saturated rings. The maximum absolute atomic E-state index is 12.5. The number of anilines is 2. The van der Waals surface area contributed by atoms with Crippen molar-refractivity contribution in [2.45, 2.75) is 33.1 Å². The van der Waals surface area contributed by atoms with E-state index in [0.29, 0.717) is 23.7 Å². The van der Waals surface area contributed by atoms with Crippen LogP contribution in [0, 0.1) is 11.8 Å². The van der Waals surface area contributed by atoms with Crippen LogP contribution in [0.15, 0.2) is 18.2 Å². The first-order valence-corrected chi connectivity index (χ1v) is 8.49. The molecule has 0 radical (unpaired) electrons. The van der Waals surface area contributed by atoms with E-state index in [1.54, 1.807) is 25.3 Å². The molecule has 1 heterocycles. The summed E-state index contributed by atoms with van der Waals surface area (Å²) < 4.78 is 5.11. The van der Waals surface area contributed by atoms with Gasteiger partial charge in [0.25, 0.3) is 0 Å². The fourth-order valence-electron chi connectivity index (χ4n) is 2.93. The topological polar surface area (TPSA) is 84.7 Å². The summed E-state index contributed by atoms with van der Waals surface area (Å²) in [6.07, 6.45) is 2.46. The summed E-state index contributed by atoms with van der Waals surface area (Å²) in [6.45, 7) is 5.17.